The van der Waals surface area contributed by atoms with Crippen LogP contribution in [0.3, 0.4) is 0 Å². The van der Waals surface area contributed by atoms with Gasteiger partial charge in [0.05, 0.1) is 11.6 Å². The normalized spacial score (nSPS) is 9.09. The average molecular weight is 145 g/mol. The molecule has 0 unspecified atom stereocenters. The number of benzene rings is 1. The Morgan fingerprint density at radius 2 is 1.91 bits per heavy atom. The topological polar surface area (TPSA) is 47.6 Å². The van der Waals surface area contributed by atoms with E-state index in [1.807, 2.05) is 18.2 Å². The first-order chi connectivity index (χ1) is 5.36. The molecule has 0 aliphatic rings. The molecule has 0 spiro atoms. The van der Waals surface area contributed by atoms with Crippen molar-refractivity contribution >= 4 is 0 Å². The zero-order chi connectivity index (χ0) is 8.10. The van der Waals surface area contributed by atoms with Crippen LogP contribution in [0.4, 0.5) is 0 Å². The van der Waals surface area contributed by atoms with Crippen LogP contribution in [-0.2, 0) is 6.42 Å². The highest BCUT2D eigenvalue weighted by molar-refractivity contribution is 5.31. The second-order valence-corrected chi connectivity index (χ2v) is 2.31. The summed E-state index contributed by atoms with van der Waals surface area (Å²) in [6, 6.07) is 9.41. The first-order valence-electron chi connectivity index (χ1n) is 3.50. The summed E-state index contributed by atoms with van der Waals surface area (Å²) in [5.41, 5.74) is 8.78. The van der Waals surface area contributed by atoms with Crippen LogP contribution in [0, 0.1) is 11.3 Å². The zero-order valence-electron chi connectivity index (χ0n) is 6.17. The Balaban J connectivity index is 2.76. The van der Waals surface area contributed by atoms with Gasteiger partial charge in [0.2, 0.25) is 0 Å². The lowest BCUT2D eigenvalue weighted by atomic mass is 10.1. The molecule has 0 fully saturated rings. The first kappa shape index (κ1) is 7.77. The van der Waals surface area contributed by atoms with Crippen molar-refractivity contribution in [3.63, 3.8) is 0 Å². The summed E-state index contributed by atoms with van der Waals surface area (Å²) in [6.45, 7) is 0.409. The molecule has 0 aliphatic heterocycles. The van der Waals surface area contributed by atoms with Crippen molar-refractivity contribution in [2.24, 2.45) is 0 Å². The molecule has 2 heteroatoms. The highest BCUT2D eigenvalue weighted by Crippen LogP contribution is 2.02. The van der Waals surface area contributed by atoms with Gasteiger partial charge in [0.1, 0.15) is 0 Å². The predicted octanol–water partition coefficient (Wildman–Crippen LogP) is 1.38. The van der Waals surface area contributed by atoms with Gasteiger partial charge in [0.25, 0.3) is 0 Å². The third-order valence-electron chi connectivity index (χ3n) is 1.50. The van der Waals surface area contributed by atoms with Gasteiger partial charge in [-0.2, -0.15) is 5.26 Å². The highest BCUT2D eigenvalue weighted by atomic mass is 14.5. The van der Waals surface area contributed by atoms with E-state index in [1.54, 1.807) is 12.1 Å². The number of nitrogens with one attached hydrogen (secondary N) is 1. The van der Waals surface area contributed by atoms with Crippen LogP contribution in [0.1, 0.15) is 11.1 Å². The van der Waals surface area contributed by atoms with Gasteiger partial charge in [0, 0.05) is 6.54 Å². The van der Waals surface area contributed by atoms with Gasteiger partial charge in [-0.3, -0.25) is 5.73 Å². The second-order valence-electron chi connectivity index (χ2n) is 2.31. The Kier molecular flexibility index (Phi) is 2.65. The number of nitrogens with zero attached hydrogens (tertiary/aromatic N) is 1. The monoisotopic (exact) mass is 145 g/mol. The third-order valence-corrected chi connectivity index (χ3v) is 1.50. The molecular weight excluding hydrogens is 136 g/mol. The van der Waals surface area contributed by atoms with Crippen molar-refractivity contribution in [2.75, 3.05) is 6.54 Å². The summed E-state index contributed by atoms with van der Waals surface area (Å²) < 4.78 is 0. The van der Waals surface area contributed by atoms with E-state index < -0.39 is 0 Å². The number of nitriles is 1. The van der Waals surface area contributed by atoms with Crippen LogP contribution >= 0.6 is 0 Å². The molecule has 0 saturated heterocycles. The second kappa shape index (κ2) is 3.75. The lowest BCUT2D eigenvalue weighted by molar-refractivity contribution is 0.941. The number of rotatable bonds is 2. The Morgan fingerprint density at radius 1 is 1.27 bits per heavy atom. The molecule has 11 heavy (non-hydrogen) atoms. The summed E-state index contributed by atoms with van der Waals surface area (Å²) >= 11 is 0. The SMILES string of the molecule is N#Cc1ccc(CC[NH])cc1. The van der Waals surface area contributed by atoms with E-state index >= 15 is 0 Å². The zero-order valence-corrected chi connectivity index (χ0v) is 6.17. The summed E-state index contributed by atoms with van der Waals surface area (Å²) in [4.78, 5) is 0. The molecule has 1 aromatic rings. The molecule has 0 bridgehead atoms. The summed E-state index contributed by atoms with van der Waals surface area (Å²) in [6.07, 6.45) is 0.770. The molecule has 1 rings (SSSR count). The lowest BCUT2D eigenvalue weighted by Crippen LogP contribution is -1.91. The Labute approximate surface area is 66.3 Å². The minimum atomic E-state index is 0.409. The minimum Gasteiger partial charge on any atom is -0.258 e. The smallest absolute Gasteiger partial charge is 0.0991 e. The molecular formula is C9H9N2. The quantitative estimate of drug-likeness (QED) is 0.620. The van der Waals surface area contributed by atoms with Crippen molar-refractivity contribution in [1.29, 1.82) is 5.26 Å². The van der Waals surface area contributed by atoms with Gasteiger partial charge in [-0.15, -0.1) is 0 Å². The van der Waals surface area contributed by atoms with Crippen molar-refractivity contribution < 1.29 is 0 Å². The van der Waals surface area contributed by atoms with E-state index in [1.165, 1.54) is 0 Å². The molecule has 0 aliphatic carbocycles. The maximum Gasteiger partial charge on any atom is 0.0991 e. The van der Waals surface area contributed by atoms with E-state index in [4.69, 9.17) is 11.0 Å². The molecule has 0 aromatic heterocycles. The van der Waals surface area contributed by atoms with Gasteiger partial charge in [-0.05, 0) is 24.1 Å². The van der Waals surface area contributed by atoms with Crippen LogP contribution in [-0.4, -0.2) is 6.54 Å². The van der Waals surface area contributed by atoms with Gasteiger partial charge < -0.3 is 0 Å². The number of hydrogen-bond acceptors (Lipinski definition) is 1. The molecule has 1 aromatic carbocycles. The predicted molar refractivity (Wildman–Crippen MR) is 42.8 cm³/mol. The summed E-state index contributed by atoms with van der Waals surface area (Å²) in [5, 5.41) is 8.47. The van der Waals surface area contributed by atoms with Crippen molar-refractivity contribution in [3.8, 4) is 6.07 Å². The average Bonchev–Trinajstić information content (AvgIpc) is 2.07. The summed E-state index contributed by atoms with van der Waals surface area (Å²) in [5.74, 6) is 0. The Morgan fingerprint density at radius 3 is 2.36 bits per heavy atom. The molecule has 0 heterocycles. The fraction of sp³-hybridized carbons (Fsp3) is 0.222. The molecule has 0 atom stereocenters. The molecule has 1 radical (unpaired) electrons. The van der Waals surface area contributed by atoms with E-state index in [0.29, 0.717) is 12.1 Å². The maximum absolute atomic E-state index is 8.47. The Bertz CT molecular complexity index is 256. The summed E-state index contributed by atoms with van der Waals surface area (Å²) in [7, 11) is 0. The first-order valence-corrected chi connectivity index (χ1v) is 3.50. The molecule has 1 N–H and O–H groups in total. The minimum absolute atomic E-state index is 0.409. The van der Waals surface area contributed by atoms with Crippen molar-refractivity contribution in [1.82, 2.24) is 5.73 Å². The third kappa shape index (κ3) is 2.06. The van der Waals surface area contributed by atoms with Crippen molar-refractivity contribution in [3.05, 3.63) is 35.4 Å². The van der Waals surface area contributed by atoms with E-state index in [0.717, 1.165) is 12.0 Å². The van der Waals surface area contributed by atoms with Gasteiger partial charge >= 0.3 is 0 Å². The van der Waals surface area contributed by atoms with Gasteiger partial charge in [0.15, 0.2) is 0 Å². The van der Waals surface area contributed by atoms with Gasteiger partial charge in [-0.1, -0.05) is 12.1 Å². The molecule has 2 nitrogen and oxygen atoms in total. The molecule has 0 saturated carbocycles. The molecule has 0 amide bonds. The fourth-order valence-electron chi connectivity index (χ4n) is 0.890. The Hall–Kier alpha value is -1.33. The van der Waals surface area contributed by atoms with Crippen LogP contribution in [0.2, 0.25) is 0 Å². The van der Waals surface area contributed by atoms with Crippen LogP contribution in [0.25, 0.3) is 0 Å². The fourth-order valence-corrected chi connectivity index (χ4v) is 0.890. The van der Waals surface area contributed by atoms with Crippen LogP contribution < -0.4 is 5.73 Å². The molecule has 55 valence electrons. The van der Waals surface area contributed by atoms with E-state index in [9.17, 15) is 0 Å². The maximum atomic E-state index is 8.47. The van der Waals surface area contributed by atoms with Crippen LogP contribution in [0.15, 0.2) is 24.3 Å². The largest absolute Gasteiger partial charge is 0.258 e. The standard InChI is InChI=1S/C9H9N2/c10-6-5-8-1-3-9(7-11)4-2-8/h1-4,10H,5-6H2. The van der Waals surface area contributed by atoms with Crippen molar-refractivity contribution in [2.45, 2.75) is 6.42 Å². The lowest BCUT2D eigenvalue weighted by Gasteiger charge is -1.95. The number of hydrogen-bond donors (Lipinski definition) is 0. The highest BCUT2D eigenvalue weighted by Gasteiger charge is 1.91. The van der Waals surface area contributed by atoms with Gasteiger partial charge in [-0.25, -0.2) is 0 Å². The van der Waals surface area contributed by atoms with E-state index in [2.05, 4.69) is 0 Å². The van der Waals surface area contributed by atoms with Crippen LogP contribution in [0.5, 0.6) is 0 Å². The van der Waals surface area contributed by atoms with E-state index in [-0.39, 0.29) is 0 Å².